The fourth-order valence-corrected chi connectivity index (χ4v) is 2.77. The number of nitrogens with zero attached hydrogens (tertiary/aromatic N) is 1. The van der Waals surface area contributed by atoms with Gasteiger partial charge >= 0.3 is 0 Å². The number of hydrogen-bond donors (Lipinski definition) is 1. The molecule has 0 saturated carbocycles. The zero-order valence-electron chi connectivity index (χ0n) is 13.2. The molecule has 3 nitrogen and oxygen atoms in total. The summed E-state index contributed by atoms with van der Waals surface area (Å²) in [6, 6.07) is 8.37. The van der Waals surface area contributed by atoms with Gasteiger partial charge < -0.3 is 4.90 Å². The van der Waals surface area contributed by atoms with Crippen LogP contribution in [0.5, 0.6) is 0 Å². The number of hydrogen-bond acceptors (Lipinski definition) is 2. The number of aryl methyl sites for hydroxylation is 1. The summed E-state index contributed by atoms with van der Waals surface area (Å²) in [7, 11) is 0. The summed E-state index contributed by atoms with van der Waals surface area (Å²) in [6.07, 6.45) is 0.841. The maximum Gasteiger partial charge on any atom is 0.241 e. The molecule has 2 rings (SSSR count). The Balaban J connectivity index is 2.31. The summed E-state index contributed by atoms with van der Waals surface area (Å²) in [5.74, 6) is 0.230. The van der Waals surface area contributed by atoms with E-state index in [0.717, 1.165) is 13.0 Å². The third kappa shape index (κ3) is 3.21. The van der Waals surface area contributed by atoms with E-state index in [1.165, 1.54) is 11.1 Å². The molecule has 1 amide bonds. The lowest BCUT2D eigenvalue weighted by molar-refractivity contribution is -0.131. The van der Waals surface area contributed by atoms with E-state index in [1.54, 1.807) is 0 Å². The zero-order chi connectivity index (χ0) is 14.9. The second kappa shape index (κ2) is 5.57. The molecule has 1 aliphatic rings. The number of amides is 1. The molecular weight excluding hydrogens is 248 g/mol. The van der Waals surface area contributed by atoms with E-state index < -0.39 is 0 Å². The van der Waals surface area contributed by atoms with E-state index >= 15 is 0 Å². The Labute approximate surface area is 122 Å². The van der Waals surface area contributed by atoms with Crippen LogP contribution in [-0.2, 0) is 4.79 Å². The Bertz CT molecular complexity index is 490. The van der Waals surface area contributed by atoms with Gasteiger partial charge in [0.2, 0.25) is 5.91 Å². The molecule has 3 heteroatoms. The van der Waals surface area contributed by atoms with Crippen molar-refractivity contribution in [1.29, 1.82) is 0 Å². The van der Waals surface area contributed by atoms with Crippen LogP contribution in [0.2, 0.25) is 0 Å². The van der Waals surface area contributed by atoms with Crippen LogP contribution in [0.4, 0.5) is 0 Å². The van der Waals surface area contributed by atoms with Crippen LogP contribution in [0.3, 0.4) is 0 Å². The lowest BCUT2D eigenvalue weighted by Crippen LogP contribution is -2.37. The van der Waals surface area contributed by atoms with Crippen molar-refractivity contribution in [3.05, 3.63) is 35.4 Å². The normalized spacial score (nSPS) is 23.4. The molecule has 0 bridgehead atoms. The molecule has 0 radical (unpaired) electrons. The van der Waals surface area contributed by atoms with E-state index in [-0.39, 0.29) is 23.5 Å². The first-order valence-corrected chi connectivity index (χ1v) is 7.45. The minimum absolute atomic E-state index is 0.00609. The molecule has 0 aromatic heterocycles. The first-order chi connectivity index (χ1) is 9.31. The number of rotatable bonds is 3. The molecule has 1 heterocycles. The second-order valence-electron chi connectivity index (χ2n) is 6.97. The standard InChI is InChI=1S/C17H26N2O/c1-6-14-16(20)19(11-17(3,4)5)15(18-14)13-9-7-8-12(2)10-13/h7-10,14-15,18H,6,11H2,1-5H3. The number of carbonyl (C=O) groups is 1. The maximum atomic E-state index is 12.5. The molecule has 0 aliphatic carbocycles. The predicted octanol–water partition coefficient (Wildman–Crippen LogP) is 3.25. The summed E-state index contributed by atoms with van der Waals surface area (Å²) >= 11 is 0. The third-order valence-electron chi connectivity index (χ3n) is 3.66. The zero-order valence-corrected chi connectivity index (χ0v) is 13.2. The molecule has 110 valence electrons. The fraction of sp³-hybridized carbons (Fsp3) is 0.588. The maximum absolute atomic E-state index is 12.5. The average Bonchev–Trinajstić information content (AvgIpc) is 2.65. The molecule has 2 atom stereocenters. The number of nitrogens with one attached hydrogen (secondary N) is 1. The van der Waals surface area contributed by atoms with Crippen molar-refractivity contribution < 1.29 is 4.79 Å². The third-order valence-corrected chi connectivity index (χ3v) is 3.66. The predicted molar refractivity (Wildman–Crippen MR) is 82.3 cm³/mol. The van der Waals surface area contributed by atoms with Crippen molar-refractivity contribution in [3.8, 4) is 0 Å². The van der Waals surface area contributed by atoms with Crippen molar-refractivity contribution in [2.24, 2.45) is 5.41 Å². The highest BCUT2D eigenvalue weighted by atomic mass is 16.2. The van der Waals surface area contributed by atoms with E-state index in [2.05, 4.69) is 64.2 Å². The first-order valence-electron chi connectivity index (χ1n) is 7.45. The fourth-order valence-electron chi connectivity index (χ4n) is 2.77. The molecule has 1 saturated heterocycles. The van der Waals surface area contributed by atoms with Crippen LogP contribution in [0.1, 0.15) is 51.4 Å². The summed E-state index contributed by atoms with van der Waals surface area (Å²) in [4.78, 5) is 14.5. The highest BCUT2D eigenvalue weighted by Crippen LogP contribution is 2.30. The first kappa shape index (κ1) is 15.0. The quantitative estimate of drug-likeness (QED) is 0.917. The summed E-state index contributed by atoms with van der Waals surface area (Å²) in [5.41, 5.74) is 2.51. The van der Waals surface area contributed by atoms with Gasteiger partial charge in [0.1, 0.15) is 6.17 Å². The monoisotopic (exact) mass is 274 g/mol. The molecule has 1 aliphatic heterocycles. The molecule has 1 aromatic carbocycles. The van der Waals surface area contributed by atoms with Crippen molar-refractivity contribution in [1.82, 2.24) is 10.2 Å². The summed E-state index contributed by atoms with van der Waals surface area (Å²) in [6.45, 7) is 11.4. The topological polar surface area (TPSA) is 32.3 Å². The molecule has 1 N–H and O–H groups in total. The van der Waals surface area contributed by atoms with E-state index in [1.807, 2.05) is 4.90 Å². The largest absolute Gasteiger partial charge is 0.321 e. The second-order valence-corrected chi connectivity index (χ2v) is 6.97. The number of carbonyl (C=O) groups excluding carboxylic acids is 1. The van der Waals surface area contributed by atoms with Crippen LogP contribution in [0.15, 0.2) is 24.3 Å². The van der Waals surface area contributed by atoms with Crippen molar-refractivity contribution in [2.45, 2.75) is 53.2 Å². The molecule has 2 unspecified atom stereocenters. The van der Waals surface area contributed by atoms with Crippen LogP contribution < -0.4 is 5.32 Å². The van der Waals surface area contributed by atoms with Crippen LogP contribution >= 0.6 is 0 Å². The van der Waals surface area contributed by atoms with Crippen LogP contribution in [0, 0.1) is 12.3 Å². The molecule has 1 aromatic rings. The minimum Gasteiger partial charge on any atom is -0.321 e. The van der Waals surface area contributed by atoms with Crippen molar-refractivity contribution in [3.63, 3.8) is 0 Å². The minimum atomic E-state index is -0.0529. The highest BCUT2D eigenvalue weighted by Gasteiger charge is 2.40. The van der Waals surface area contributed by atoms with Gasteiger partial charge in [-0.1, -0.05) is 57.5 Å². The Morgan fingerprint density at radius 1 is 1.30 bits per heavy atom. The van der Waals surface area contributed by atoms with E-state index in [9.17, 15) is 4.79 Å². The molecule has 1 fully saturated rings. The summed E-state index contributed by atoms with van der Waals surface area (Å²) < 4.78 is 0. The molecule has 0 spiro atoms. The molecule has 20 heavy (non-hydrogen) atoms. The lowest BCUT2D eigenvalue weighted by Gasteiger charge is -2.31. The Morgan fingerprint density at radius 3 is 2.55 bits per heavy atom. The Kier molecular flexibility index (Phi) is 4.19. The van der Waals surface area contributed by atoms with Gasteiger partial charge in [-0.15, -0.1) is 0 Å². The van der Waals surface area contributed by atoms with Crippen LogP contribution in [-0.4, -0.2) is 23.4 Å². The van der Waals surface area contributed by atoms with Gasteiger partial charge in [-0.25, -0.2) is 0 Å². The van der Waals surface area contributed by atoms with Gasteiger partial charge in [0.15, 0.2) is 0 Å². The van der Waals surface area contributed by atoms with Gasteiger partial charge in [-0.05, 0) is 24.3 Å². The van der Waals surface area contributed by atoms with Gasteiger partial charge in [-0.2, -0.15) is 0 Å². The molecular formula is C17H26N2O. The van der Waals surface area contributed by atoms with Crippen molar-refractivity contribution >= 4 is 5.91 Å². The smallest absolute Gasteiger partial charge is 0.241 e. The lowest BCUT2D eigenvalue weighted by atomic mass is 9.95. The van der Waals surface area contributed by atoms with Gasteiger partial charge in [0.25, 0.3) is 0 Å². The van der Waals surface area contributed by atoms with E-state index in [4.69, 9.17) is 0 Å². The number of benzene rings is 1. The van der Waals surface area contributed by atoms with E-state index in [0.29, 0.717) is 0 Å². The Morgan fingerprint density at radius 2 is 2.00 bits per heavy atom. The van der Waals surface area contributed by atoms with Crippen LogP contribution in [0.25, 0.3) is 0 Å². The SMILES string of the molecule is CCC1NC(c2cccc(C)c2)N(CC(C)(C)C)C1=O. The van der Waals surface area contributed by atoms with Gasteiger partial charge in [-0.3, -0.25) is 10.1 Å². The highest BCUT2D eigenvalue weighted by molar-refractivity contribution is 5.84. The van der Waals surface area contributed by atoms with Crippen molar-refractivity contribution in [2.75, 3.05) is 6.54 Å². The average molecular weight is 274 g/mol. The summed E-state index contributed by atoms with van der Waals surface area (Å²) in [5, 5.41) is 3.48. The van der Waals surface area contributed by atoms with Gasteiger partial charge in [0.05, 0.1) is 6.04 Å². The Hall–Kier alpha value is -1.35. The van der Waals surface area contributed by atoms with Gasteiger partial charge in [0, 0.05) is 6.54 Å².